The van der Waals surface area contributed by atoms with Gasteiger partial charge in [0.2, 0.25) is 0 Å². The molecule has 3 atom stereocenters. The first-order chi connectivity index (χ1) is 16.3. The fraction of sp³-hybridized carbons (Fsp3) is 0.552. The molecule has 0 amide bonds. The fourth-order valence-corrected chi connectivity index (χ4v) is 13.2. The summed E-state index contributed by atoms with van der Waals surface area (Å²) < 4.78 is 14.0. The van der Waals surface area contributed by atoms with Gasteiger partial charge in [0.25, 0.3) is 8.32 Å². The Kier molecular flexibility index (Phi) is 9.13. The molecule has 0 aromatic heterocycles. The molecule has 1 aliphatic rings. The molecule has 3 nitrogen and oxygen atoms in total. The molecule has 2 aromatic carbocycles. The standard InChI is InChI=1S/C29H44O3Si2/c1-7-33(8-2,9-3)32-28(20-21-30)27-22-24(27)23-31-34(29(4,5)6,25-16-12-10-13-17-25)26-18-14-11-15-19-26/h10-19,21,24,27-28H,7-9,20,22-23H2,1-6H3/t24-,27-,28-/m1/s1. The molecule has 5 heteroatoms. The van der Waals surface area contributed by atoms with Crippen molar-refractivity contribution in [2.75, 3.05) is 6.61 Å². The molecule has 1 fully saturated rings. The number of carbonyl (C=O) groups is 1. The Labute approximate surface area is 209 Å². The molecule has 0 aliphatic heterocycles. The number of hydrogen-bond donors (Lipinski definition) is 0. The maximum Gasteiger partial charge on any atom is 0.261 e. The van der Waals surface area contributed by atoms with E-state index < -0.39 is 16.6 Å². The Morgan fingerprint density at radius 1 is 0.912 bits per heavy atom. The van der Waals surface area contributed by atoms with Crippen LogP contribution in [0.2, 0.25) is 23.2 Å². The van der Waals surface area contributed by atoms with Crippen molar-refractivity contribution in [3.05, 3.63) is 60.7 Å². The lowest BCUT2D eigenvalue weighted by molar-refractivity contribution is -0.109. The highest BCUT2D eigenvalue weighted by Gasteiger charge is 2.53. The average molecular weight is 497 g/mol. The second-order valence-corrected chi connectivity index (χ2v) is 20.0. The van der Waals surface area contributed by atoms with E-state index in [1.807, 2.05) is 0 Å². The van der Waals surface area contributed by atoms with Crippen LogP contribution in [0.15, 0.2) is 60.7 Å². The molecule has 2 aromatic rings. The van der Waals surface area contributed by atoms with Crippen molar-refractivity contribution in [1.29, 1.82) is 0 Å². The zero-order chi connectivity index (χ0) is 24.8. The number of hydrogen-bond acceptors (Lipinski definition) is 3. The van der Waals surface area contributed by atoms with Gasteiger partial charge in [0.15, 0.2) is 8.32 Å². The first-order valence-corrected chi connectivity index (χ1v) is 17.6. The molecule has 3 rings (SSSR count). The lowest BCUT2D eigenvalue weighted by Crippen LogP contribution is -2.66. The molecule has 0 bridgehead atoms. The van der Waals surface area contributed by atoms with Crippen molar-refractivity contribution in [2.24, 2.45) is 11.8 Å². The molecule has 0 unspecified atom stereocenters. The van der Waals surface area contributed by atoms with Gasteiger partial charge in [-0.1, -0.05) is 102 Å². The van der Waals surface area contributed by atoms with Crippen LogP contribution in [0, 0.1) is 11.8 Å². The maximum absolute atomic E-state index is 11.5. The van der Waals surface area contributed by atoms with Crippen LogP contribution in [0.3, 0.4) is 0 Å². The van der Waals surface area contributed by atoms with Crippen molar-refractivity contribution in [3.63, 3.8) is 0 Å². The Morgan fingerprint density at radius 3 is 1.82 bits per heavy atom. The number of benzene rings is 2. The molecule has 1 aliphatic carbocycles. The fourth-order valence-electron chi connectivity index (χ4n) is 5.64. The molecule has 0 saturated heterocycles. The largest absolute Gasteiger partial charge is 0.413 e. The van der Waals surface area contributed by atoms with E-state index in [0.717, 1.165) is 37.4 Å². The van der Waals surface area contributed by atoms with Crippen molar-refractivity contribution in [3.8, 4) is 0 Å². The monoisotopic (exact) mass is 496 g/mol. The third-order valence-corrected chi connectivity index (χ3v) is 17.7. The summed E-state index contributed by atoms with van der Waals surface area (Å²) in [4.78, 5) is 11.5. The van der Waals surface area contributed by atoms with Crippen LogP contribution in [0.1, 0.15) is 54.4 Å². The first-order valence-electron chi connectivity index (χ1n) is 13.1. The molecular formula is C29H44O3Si2. The average Bonchev–Trinajstić information content (AvgIpc) is 3.63. The molecule has 0 heterocycles. The number of carbonyl (C=O) groups excluding carboxylic acids is 1. The van der Waals surface area contributed by atoms with Crippen LogP contribution in [0.5, 0.6) is 0 Å². The van der Waals surface area contributed by atoms with E-state index in [9.17, 15) is 4.79 Å². The van der Waals surface area contributed by atoms with E-state index in [2.05, 4.69) is 102 Å². The summed E-state index contributed by atoms with van der Waals surface area (Å²) in [5.41, 5.74) is 0. The second-order valence-electron chi connectivity index (χ2n) is 10.9. The Balaban J connectivity index is 1.85. The van der Waals surface area contributed by atoms with Gasteiger partial charge in [-0.3, -0.25) is 0 Å². The van der Waals surface area contributed by atoms with Gasteiger partial charge in [-0.25, -0.2) is 0 Å². The number of aldehydes is 1. The molecule has 0 spiro atoms. The normalized spacial score (nSPS) is 19.6. The molecule has 0 radical (unpaired) electrons. The van der Waals surface area contributed by atoms with Gasteiger partial charge in [0.05, 0.1) is 6.10 Å². The smallest absolute Gasteiger partial charge is 0.261 e. The third kappa shape index (κ3) is 5.64. The zero-order valence-electron chi connectivity index (χ0n) is 22.1. The lowest BCUT2D eigenvalue weighted by Gasteiger charge is -2.43. The summed E-state index contributed by atoms with van der Waals surface area (Å²) in [6.07, 6.45) is 2.72. The maximum atomic E-state index is 11.5. The number of rotatable bonds is 13. The minimum atomic E-state index is -2.52. The third-order valence-electron chi connectivity index (χ3n) is 8.05. The van der Waals surface area contributed by atoms with E-state index >= 15 is 0 Å². The summed E-state index contributed by atoms with van der Waals surface area (Å²) in [6.45, 7) is 14.5. The Morgan fingerprint density at radius 2 is 1.41 bits per heavy atom. The van der Waals surface area contributed by atoms with Gasteiger partial charge in [-0.05, 0) is 51.8 Å². The predicted molar refractivity (Wildman–Crippen MR) is 148 cm³/mol. The van der Waals surface area contributed by atoms with Crippen LogP contribution in [0.4, 0.5) is 0 Å². The SMILES string of the molecule is CC[Si](CC)(CC)O[C@H](CC=O)[C@@H]1C[C@@H]1CO[Si](c1ccccc1)(c1ccccc1)C(C)(C)C. The summed E-state index contributed by atoms with van der Waals surface area (Å²) in [6, 6.07) is 25.0. The van der Waals surface area contributed by atoms with Gasteiger partial charge in [0, 0.05) is 13.0 Å². The molecule has 186 valence electrons. The Hall–Kier alpha value is -1.54. The van der Waals surface area contributed by atoms with Crippen LogP contribution in [-0.4, -0.2) is 35.6 Å². The Bertz CT molecular complexity index is 843. The van der Waals surface area contributed by atoms with Gasteiger partial charge < -0.3 is 13.6 Å². The quantitative estimate of drug-likeness (QED) is 0.245. The van der Waals surface area contributed by atoms with E-state index in [4.69, 9.17) is 8.85 Å². The molecule has 34 heavy (non-hydrogen) atoms. The predicted octanol–water partition coefficient (Wildman–Crippen LogP) is 6.18. The highest BCUT2D eigenvalue weighted by atomic mass is 28.4. The van der Waals surface area contributed by atoms with E-state index in [1.54, 1.807) is 0 Å². The first kappa shape index (κ1) is 27.1. The topological polar surface area (TPSA) is 35.5 Å². The van der Waals surface area contributed by atoms with E-state index in [0.29, 0.717) is 18.3 Å². The van der Waals surface area contributed by atoms with Crippen molar-refractivity contribution < 1.29 is 13.6 Å². The highest BCUT2D eigenvalue weighted by molar-refractivity contribution is 6.99. The zero-order valence-corrected chi connectivity index (χ0v) is 24.1. The summed E-state index contributed by atoms with van der Waals surface area (Å²) >= 11 is 0. The lowest BCUT2D eigenvalue weighted by atomic mass is 10.1. The summed E-state index contributed by atoms with van der Waals surface area (Å²) in [5.74, 6) is 0.892. The van der Waals surface area contributed by atoms with Crippen LogP contribution >= 0.6 is 0 Å². The van der Waals surface area contributed by atoms with Gasteiger partial charge >= 0.3 is 0 Å². The minimum Gasteiger partial charge on any atom is -0.413 e. The molecule has 0 N–H and O–H groups in total. The van der Waals surface area contributed by atoms with Crippen LogP contribution in [-0.2, 0) is 13.6 Å². The summed E-state index contributed by atoms with van der Waals surface area (Å²) in [5, 5.41) is 2.62. The van der Waals surface area contributed by atoms with Crippen molar-refractivity contribution >= 4 is 33.3 Å². The van der Waals surface area contributed by atoms with Crippen molar-refractivity contribution in [2.45, 2.75) is 83.7 Å². The van der Waals surface area contributed by atoms with E-state index in [-0.39, 0.29) is 11.1 Å². The van der Waals surface area contributed by atoms with Crippen LogP contribution in [0.25, 0.3) is 0 Å². The van der Waals surface area contributed by atoms with Crippen LogP contribution < -0.4 is 10.4 Å². The van der Waals surface area contributed by atoms with Gasteiger partial charge in [-0.2, -0.15) is 0 Å². The highest BCUT2D eigenvalue weighted by Crippen LogP contribution is 2.47. The van der Waals surface area contributed by atoms with E-state index in [1.165, 1.54) is 10.4 Å². The second kappa shape index (κ2) is 11.5. The summed E-state index contributed by atoms with van der Waals surface area (Å²) in [7, 11) is -4.28. The molecule has 1 saturated carbocycles. The van der Waals surface area contributed by atoms with Gasteiger partial charge in [0.1, 0.15) is 6.29 Å². The minimum absolute atomic E-state index is 0.0203. The molecular weight excluding hydrogens is 452 g/mol. The van der Waals surface area contributed by atoms with Gasteiger partial charge in [-0.15, -0.1) is 0 Å². The van der Waals surface area contributed by atoms with Crippen molar-refractivity contribution in [1.82, 2.24) is 0 Å².